The zero-order valence-electron chi connectivity index (χ0n) is 11.4. The summed E-state index contributed by atoms with van der Waals surface area (Å²) in [5, 5.41) is 3.21. The maximum absolute atomic E-state index is 12.1. The molecule has 0 aliphatic carbocycles. The molecule has 0 unspecified atom stereocenters. The Bertz CT molecular complexity index is 649. The van der Waals surface area contributed by atoms with E-state index in [2.05, 4.69) is 26.2 Å². The number of amides is 1. The van der Waals surface area contributed by atoms with Crippen molar-refractivity contribution >= 4 is 39.1 Å². The molecular weight excluding hydrogens is 356 g/mol. The molecule has 21 heavy (non-hydrogen) atoms. The van der Waals surface area contributed by atoms with E-state index in [4.69, 9.17) is 16.3 Å². The van der Waals surface area contributed by atoms with Crippen LogP contribution in [0.1, 0.15) is 23.8 Å². The number of carbonyl (C=O) groups excluding carboxylic acids is 1. The van der Waals surface area contributed by atoms with Crippen LogP contribution < -0.4 is 10.1 Å². The lowest BCUT2D eigenvalue weighted by Crippen LogP contribution is -2.14. The number of hydrogen-bond donors (Lipinski definition) is 1. The maximum atomic E-state index is 12.1. The van der Waals surface area contributed by atoms with Gasteiger partial charge in [-0.3, -0.25) is 4.79 Å². The molecule has 0 saturated heterocycles. The lowest BCUT2D eigenvalue weighted by molar-refractivity contribution is 0.102. The van der Waals surface area contributed by atoms with Crippen LogP contribution in [0.25, 0.3) is 0 Å². The summed E-state index contributed by atoms with van der Waals surface area (Å²) >= 11 is 9.42. The fourth-order valence-corrected chi connectivity index (χ4v) is 2.32. The van der Waals surface area contributed by atoms with Crippen LogP contribution in [0.15, 0.2) is 41.0 Å². The van der Waals surface area contributed by atoms with Crippen LogP contribution >= 0.6 is 27.5 Å². The van der Waals surface area contributed by atoms with Gasteiger partial charge < -0.3 is 10.1 Å². The van der Waals surface area contributed by atoms with Gasteiger partial charge in [-0.15, -0.1) is 0 Å². The Kier molecular flexibility index (Phi) is 5.59. The van der Waals surface area contributed by atoms with Gasteiger partial charge in [0.05, 0.1) is 11.6 Å². The average molecular weight is 370 g/mol. The molecule has 0 spiro atoms. The first kappa shape index (κ1) is 15.8. The summed E-state index contributed by atoms with van der Waals surface area (Å²) in [6.07, 6.45) is 2.47. The Morgan fingerprint density at radius 1 is 1.43 bits per heavy atom. The Morgan fingerprint density at radius 2 is 2.24 bits per heavy atom. The highest BCUT2D eigenvalue weighted by molar-refractivity contribution is 9.10. The molecular formula is C15H14BrClN2O2. The molecule has 1 aromatic heterocycles. The molecule has 1 amide bonds. The SMILES string of the molecule is CCCOc1ccc(NC(=O)c2ncccc2Br)cc1Cl. The smallest absolute Gasteiger partial charge is 0.275 e. The first-order valence-corrected chi connectivity index (χ1v) is 7.63. The van der Waals surface area contributed by atoms with Gasteiger partial charge in [0.2, 0.25) is 0 Å². The predicted octanol–water partition coefficient (Wildman–Crippen LogP) is 4.54. The van der Waals surface area contributed by atoms with Crippen LogP contribution in [-0.4, -0.2) is 17.5 Å². The summed E-state index contributed by atoms with van der Waals surface area (Å²) in [4.78, 5) is 16.2. The number of hydrogen-bond acceptors (Lipinski definition) is 3. The molecule has 6 heteroatoms. The van der Waals surface area contributed by atoms with Gasteiger partial charge in [-0.1, -0.05) is 18.5 Å². The number of rotatable bonds is 5. The van der Waals surface area contributed by atoms with Gasteiger partial charge in [0.1, 0.15) is 11.4 Å². The number of nitrogens with zero attached hydrogens (tertiary/aromatic N) is 1. The van der Waals surface area contributed by atoms with Crippen molar-refractivity contribution in [1.29, 1.82) is 0 Å². The molecule has 1 N–H and O–H groups in total. The van der Waals surface area contributed by atoms with Gasteiger partial charge in [-0.05, 0) is 52.7 Å². The topological polar surface area (TPSA) is 51.2 Å². The largest absolute Gasteiger partial charge is 0.492 e. The molecule has 0 fully saturated rings. The number of ether oxygens (including phenoxy) is 1. The fraction of sp³-hybridized carbons (Fsp3) is 0.200. The normalized spacial score (nSPS) is 10.2. The molecule has 0 aliphatic heterocycles. The van der Waals surface area contributed by atoms with Crippen molar-refractivity contribution in [2.45, 2.75) is 13.3 Å². The zero-order chi connectivity index (χ0) is 15.2. The highest BCUT2D eigenvalue weighted by Crippen LogP contribution is 2.28. The number of pyridine rings is 1. The lowest BCUT2D eigenvalue weighted by atomic mass is 10.2. The van der Waals surface area contributed by atoms with Crippen molar-refractivity contribution in [3.8, 4) is 5.75 Å². The summed E-state index contributed by atoms with van der Waals surface area (Å²) in [6.45, 7) is 2.62. The third-order valence-electron chi connectivity index (χ3n) is 2.62. The summed E-state index contributed by atoms with van der Waals surface area (Å²) in [5.74, 6) is 0.302. The maximum Gasteiger partial charge on any atom is 0.275 e. The Labute approximate surface area is 136 Å². The Balaban J connectivity index is 2.11. The number of halogens is 2. The summed E-state index contributed by atoms with van der Waals surface area (Å²) in [7, 11) is 0. The van der Waals surface area contributed by atoms with Gasteiger partial charge in [-0.25, -0.2) is 4.98 Å². The molecule has 4 nitrogen and oxygen atoms in total. The average Bonchev–Trinajstić information content (AvgIpc) is 2.47. The van der Waals surface area contributed by atoms with Crippen LogP contribution in [0.4, 0.5) is 5.69 Å². The molecule has 0 aliphatic rings. The molecule has 110 valence electrons. The summed E-state index contributed by atoms with van der Waals surface area (Å²) < 4.78 is 6.12. The van der Waals surface area contributed by atoms with E-state index in [1.54, 1.807) is 36.5 Å². The quantitative estimate of drug-likeness (QED) is 0.842. The number of carbonyl (C=O) groups is 1. The Morgan fingerprint density at radius 3 is 2.90 bits per heavy atom. The van der Waals surface area contributed by atoms with E-state index in [0.717, 1.165) is 6.42 Å². The van der Waals surface area contributed by atoms with E-state index in [0.29, 0.717) is 33.2 Å². The molecule has 2 rings (SSSR count). The van der Waals surface area contributed by atoms with Crippen molar-refractivity contribution in [3.05, 3.63) is 51.7 Å². The van der Waals surface area contributed by atoms with Crippen LogP contribution in [0.5, 0.6) is 5.75 Å². The van der Waals surface area contributed by atoms with E-state index in [1.807, 2.05) is 6.92 Å². The van der Waals surface area contributed by atoms with Crippen LogP contribution in [-0.2, 0) is 0 Å². The standard InChI is InChI=1S/C15H14BrClN2O2/c1-2-8-21-13-6-5-10(9-12(13)17)19-15(20)14-11(16)4-3-7-18-14/h3-7,9H,2,8H2,1H3,(H,19,20). The van der Waals surface area contributed by atoms with E-state index in [-0.39, 0.29) is 5.91 Å². The third-order valence-corrected chi connectivity index (χ3v) is 3.56. The molecule has 0 atom stereocenters. The number of aromatic nitrogens is 1. The van der Waals surface area contributed by atoms with Gasteiger partial charge in [0.15, 0.2) is 0 Å². The summed E-state index contributed by atoms with van der Waals surface area (Å²) in [5.41, 5.74) is 0.909. The second kappa shape index (κ2) is 7.43. The second-order valence-electron chi connectivity index (χ2n) is 4.28. The monoisotopic (exact) mass is 368 g/mol. The number of anilines is 1. The number of benzene rings is 1. The van der Waals surface area contributed by atoms with Crippen molar-refractivity contribution < 1.29 is 9.53 Å². The van der Waals surface area contributed by atoms with Crippen LogP contribution in [0, 0.1) is 0 Å². The third kappa shape index (κ3) is 4.19. The van der Waals surface area contributed by atoms with E-state index in [9.17, 15) is 4.79 Å². The number of nitrogens with one attached hydrogen (secondary N) is 1. The van der Waals surface area contributed by atoms with Crippen molar-refractivity contribution in [1.82, 2.24) is 4.98 Å². The highest BCUT2D eigenvalue weighted by Gasteiger charge is 2.12. The van der Waals surface area contributed by atoms with E-state index in [1.165, 1.54) is 0 Å². The van der Waals surface area contributed by atoms with Crippen LogP contribution in [0.2, 0.25) is 5.02 Å². The van der Waals surface area contributed by atoms with E-state index >= 15 is 0 Å². The summed E-state index contributed by atoms with van der Waals surface area (Å²) in [6, 6.07) is 8.64. The first-order chi connectivity index (χ1) is 10.1. The minimum absolute atomic E-state index is 0.305. The van der Waals surface area contributed by atoms with Gasteiger partial charge in [0, 0.05) is 16.4 Å². The van der Waals surface area contributed by atoms with Crippen LogP contribution in [0.3, 0.4) is 0 Å². The minimum Gasteiger partial charge on any atom is -0.492 e. The van der Waals surface area contributed by atoms with Crippen molar-refractivity contribution in [2.24, 2.45) is 0 Å². The molecule has 1 heterocycles. The molecule has 1 aromatic carbocycles. The molecule has 0 saturated carbocycles. The highest BCUT2D eigenvalue weighted by atomic mass is 79.9. The minimum atomic E-state index is -0.305. The van der Waals surface area contributed by atoms with Gasteiger partial charge >= 0.3 is 0 Å². The first-order valence-electron chi connectivity index (χ1n) is 6.46. The Hall–Kier alpha value is -1.59. The lowest BCUT2D eigenvalue weighted by Gasteiger charge is -2.10. The van der Waals surface area contributed by atoms with E-state index < -0.39 is 0 Å². The molecule has 2 aromatic rings. The van der Waals surface area contributed by atoms with Gasteiger partial charge in [0.25, 0.3) is 5.91 Å². The second-order valence-corrected chi connectivity index (χ2v) is 5.54. The molecule has 0 bridgehead atoms. The predicted molar refractivity (Wildman–Crippen MR) is 87.1 cm³/mol. The fourth-order valence-electron chi connectivity index (χ4n) is 1.65. The zero-order valence-corrected chi connectivity index (χ0v) is 13.7. The molecule has 0 radical (unpaired) electrons. The van der Waals surface area contributed by atoms with Crippen molar-refractivity contribution in [2.75, 3.05) is 11.9 Å². The van der Waals surface area contributed by atoms with Gasteiger partial charge in [-0.2, -0.15) is 0 Å². The van der Waals surface area contributed by atoms with Crippen molar-refractivity contribution in [3.63, 3.8) is 0 Å².